The minimum absolute atomic E-state index is 0.00208. The van der Waals surface area contributed by atoms with Gasteiger partial charge in [0, 0.05) is 18.0 Å². The lowest BCUT2D eigenvalue weighted by molar-refractivity contribution is 0.536. The van der Waals surface area contributed by atoms with Crippen molar-refractivity contribution >= 4 is 17.0 Å². The largest absolute Gasteiger partial charge is 0.368 e. The molecule has 3 aromatic heterocycles. The van der Waals surface area contributed by atoms with E-state index in [1.165, 1.54) is 21.6 Å². The number of hydrogen-bond donors (Lipinski definition) is 1. The van der Waals surface area contributed by atoms with Crippen molar-refractivity contribution in [3.05, 3.63) is 59.6 Å². The lowest BCUT2D eigenvalue weighted by Crippen LogP contribution is -2.09. The van der Waals surface area contributed by atoms with Crippen molar-refractivity contribution < 1.29 is 8.78 Å². The molecule has 0 saturated heterocycles. The Morgan fingerprint density at radius 3 is 2.58 bits per heavy atom. The summed E-state index contributed by atoms with van der Waals surface area (Å²) in [5.74, 6) is -1.26. The predicted molar refractivity (Wildman–Crippen MR) is 87.0 cm³/mol. The number of nitrogen functional groups attached to an aromatic ring is 1. The maximum atomic E-state index is 14.0. The average Bonchev–Trinajstić information content (AvgIpc) is 3.26. The first kappa shape index (κ1) is 15.6. The molecular weight excluding hydrogens is 342 g/mol. The van der Waals surface area contributed by atoms with Crippen molar-refractivity contribution in [1.29, 1.82) is 5.26 Å². The molecule has 0 aliphatic heterocycles. The van der Waals surface area contributed by atoms with E-state index in [9.17, 15) is 14.0 Å². The number of aromatic nitrogens is 6. The second-order valence-electron chi connectivity index (χ2n) is 5.37. The smallest absolute Gasteiger partial charge is 0.224 e. The Bertz CT molecular complexity index is 1140. The summed E-state index contributed by atoms with van der Waals surface area (Å²) in [4.78, 5) is 8.22. The quantitative estimate of drug-likeness (QED) is 0.602. The van der Waals surface area contributed by atoms with Gasteiger partial charge in [-0.15, -0.1) is 0 Å². The maximum Gasteiger partial charge on any atom is 0.224 e. The summed E-state index contributed by atoms with van der Waals surface area (Å²) >= 11 is 0. The molecule has 10 heteroatoms. The molecule has 0 aliphatic carbocycles. The van der Waals surface area contributed by atoms with Gasteiger partial charge >= 0.3 is 0 Å². The van der Waals surface area contributed by atoms with E-state index >= 15 is 0 Å². The van der Waals surface area contributed by atoms with Crippen LogP contribution < -0.4 is 5.73 Å². The Labute approximate surface area is 145 Å². The highest BCUT2D eigenvalue weighted by atomic mass is 19.1. The molecule has 0 radical (unpaired) electrons. The second-order valence-corrected chi connectivity index (χ2v) is 5.37. The molecule has 128 valence electrons. The van der Waals surface area contributed by atoms with Gasteiger partial charge < -0.3 is 5.73 Å². The zero-order valence-corrected chi connectivity index (χ0v) is 13.1. The van der Waals surface area contributed by atoms with Gasteiger partial charge in [0.2, 0.25) is 5.95 Å². The number of nitrogens with two attached hydrogens (primary N) is 1. The second kappa shape index (κ2) is 5.89. The molecule has 3 heterocycles. The molecule has 1 aromatic carbocycles. The van der Waals surface area contributed by atoms with Gasteiger partial charge in [0.15, 0.2) is 17.2 Å². The average molecular weight is 352 g/mol. The number of halogens is 2. The molecule has 0 amide bonds. The maximum absolute atomic E-state index is 14.0. The van der Waals surface area contributed by atoms with E-state index in [-0.39, 0.29) is 35.2 Å². The summed E-state index contributed by atoms with van der Waals surface area (Å²) in [6.07, 6.45) is 3.16. The summed E-state index contributed by atoms with van der Waals surface area (Å²) in [6.45, 7) is -0.258. The van der Waals surface area contributed by atoms with Gasteiger partial charge in [-0.1, -0.05) is 6.07 Å². The van der Waals surface area contributed by atoms with Crippen LogP contribution in [0.3, 0.4) is 0 Å². The van der Waals surface area contributed by atoms with Crippen LogP contribution in [-0.4, -0.2) is 29.5 Å². The van der Waals surface area contributed by atoms with Crippen LogP contribution in [-0.2, 0) is 6.54 Å². The molecule has 0 fully saturated rings. The molecule has 2 N–H and O–H groups in total. The van der Waals surface area contributed by atoms with Gasteiger partial charge in [0.1, 0.15) is 23.1 Å². The first-order valence-electron chi connectivity index (χ1n) is 7.45. The Balaban J connectivity index is 1.97. The number of nitriles is 1. The van der Waals surface area contributed by atoms with Gasteiger partial charge in [-0.2, -0.15) is 25.4 Å². The topological polar surface area (TPSA) is 111 Å². The van der Waals surface area contributed by atoms with Crippen LogP contribution in [0.2, 0.25) is 0 Å². The summed E-state index contributed by atoms with van der Waals surface area (Å²) < 4.78 is 30.6. The van der Waals surface area contributed by atoms with Gasteiger partial charge in [-0.25, -0.2) is 18.1 Å². The number of fused-ring (bicyclic) bond motifs is 1. The van der Waals surface area contributed by atoms with Crippen LogP contribution in [0.1, 0.15) is 11.3 Å². The van der Waals surface area contributed by atoms with E-state index in [1.807, 2.05) is 6.07 Å². The van der Waals surface area contributed by atoms with Gasteiger partial charge in [0.25, 0.3) is 0 Å². The third kappa shape index (κ3) is 2.42. The van der Waals surface area contributed by atoms with Crippen LogP contribution in [0, 0.1) is 23.0 Å². The number of rotatable bonds is 3. The van der Waals surface area contributed by atoms with Gasteiger partial charge in [0.05, 0.1) is 6.54 Å². The molecule has 0 spiro atoms. The molecule has 4 aromatic rings. The zero-order chi connectivity index (χ0) is 18.3. The van der Waals surface area contributed by atoms with E-state index in [2.05, 4.69) is 20.2 Å². The monoisotopic (exact) mass is 352 g/mol. The van der Waals surface area contributed by atoms with Crippen molar-refractivity contribution in [3.63, 3.8) is 0 Å². The fourth-order valence-electron chi connectivity index (χ4n) is 2.65. The van der Waals surface area contributed by atoms with Crippen LogP contribution in [0.15, 0.2) is 36.7 Å². The van der Waals surface area contributed by atoms with Crippen LogP contribution in [0.5, 0.6) is 0 Å². The third-order valence-corrected chi connectivity index (χ3v) is 3.79. The molecule has 0 aliphatic rings. The first-order valence-corrected chi connectivity index (χ1v) is 7.45. The molecule has 0 bridgehead atoms. The summed E-state index contributed by atoms with van der Waals surface area (Å²) in [5, 5.41) is 17.9. The van der Waals surface area contributed by atoms with Gasteiger partial charge in [-0.3, -0.25) is 0 Å². The lowest BCUT2D eigenvalue weighted by atomic mass is 10.2. The fourth-order valence-corrected chi connectivity index (χ4v) is 2.65. The number of hydrogen-bond acceptors (Lipinski definition) is 6. The Morgan fingerprint density at radius 1 is 1.15 bits per heavy atom. The zero-order valence-electron chi connectivity index (χ0n) is 13.1. The number of nitrogens with zero attached hydrogens (tertiary/aromatic N) is 7. The van der Waals surface area contributed by atoms with Crippen LogP contribution >= 0.6 is 0 Å². The van der Waals surface area contributed by atoms with E-state index in [0.717, 1.165) is 12.1 Å². The highest BCUT2D eigenvalue weighted by Gasteiger charge is 2.21. The highest BCUT2D eigenvalue weighted by Crippen LogP contribution is 2.25. The van der Waals surface area contributed by atoms with E-state index in [0.29, 0.717) is 5.39 Å². The summed E-state index contributed by atoms with van der Waals surface area (Å²) in [7, 11) is 0. The predicted octanol–water partition coefficient (Wildman–Crippen LogP) is 1.79. The Morgan fingerprint density at radius 2 is 1.92 bits per heavy atom. The van der Waals surface area contributed by atoms with E-state index in [1.54, 1.807) is 12.3 Å². The van der Waals surface area contributed by atoms with Crippen LogP contribution in [0.25, 0.3) is 16.9 Å². The van der Waals surface area contributed by atoms with Crippen molar-refractivity contribution in [3.8, 4) is 11.9 Å². The molecule has 0 atom stereocenters. The molecule has 26 heavy (non-hydrogen) atoms. The SMILES string of the molecule is N#Cc1nn(Cc2c(F)cccc2F)c2nc(N)nc(-n3cccn3)c12. The molecular formula is C16H10F2N8. The summed E-state index contributed by atoms with van der Waals surface area (Å²) in [6, 6.07) is 7.18. The van der Waals surface area contributed by atoms with E-state index in [4.69, 9.17) is 5.73 Å². The minimum Gasteiger partial charge on any atom is -0.368 e. The van der Waals surface area contributed by atoms with E-state index < -0.39 is 11.6 Å². The van der Waals surface area contributed by atoms with Crippen molar-refractivity contribution in [1.82, 2.24) is 29.5 Å². The summed E-state index contributed by atoms with van der Waals surface area (Å²) in [5.41, 5.74) is 5.76. The Kier molecular flexibility index (Phi) is 3.54. The normalized spacial score (nSPS) is 11.0. The van der Waals surface area contributed by atoms with Crippen molar-refractivity contribution in [2.24, 2.45) is 0 Å². The molecule has 8 nitrogen and oxygen atoms in total. The van der Waals surface area contributed by atoms with Gasteiger partial charge in [-0.05, 0) is 18.2 Å². The minimum atomic E-state index is -0.721. The first-order chi connectivity index (χ1) is 12.6. The number of anilines is 1. The lowest BCUT2D eigenvalue weighted by Gasteiger charge is -2.07. The molecule has 0 unspecified atom stereocenters. The standard InChI is InChI=1S/C16H10F2N8/c17-10-3-1-4-11(18)9(10)8-26-15-13(12(7-19)24-26)14(22-16(20)23-15)25-6-2-5-21-25/h1-6H,8H2,(H2,20,22,23). The van der Waals surface area contributed by atoms with Crippen molar-refractivity contribution in [2.75, 3.05) is 5.73 Å². The fraction of sp³-hybridized carbons (Fsp3) is 0.0625. The third-order valence-electron chi connectivity index (χ3n) is 3.79. The molecule has 4 rings (SSSR count). The van der Waals surface area contributed by atoms with Crippen LogP contribution in [0.4, 0.5) is 14.7 Å². The number of benzene rings is 1. The highest BCUT2D eigenvalue weighted by molar-refractivity contribution is 5.88. The Hall–Kier alpha value is -3.87. The molecule has 0 saturated carbocycles. The van der Waals surface area contributed by atoms with Crippen molar-refractivity contribution in [2.45, 2.75) is 6.54 Å².